The van der Waals surface area contributed by atoms with E-state index in [1.165, 1.54) is 10.8 Å². The van der Waals surface area contributed by atoms with E-state index in [0.29, 0.717) is 0 Å². The molecule has 0 spiro atoms. The van der Waals surface area contributed by atoms with E-state index in [-0.39, 0.29) is 0 Å². The Morgan fingerprint density at radius 3 is 3.08 bits per heavy atom. The van der Waals surface area contributed by atoms with Crippen LogP contribution >= 0.6 is 0 Å². The molecule has 0 N–H and O–H groups in total. The second-order valence-electron chi connectivity index (χ2n) is 2.91. The molecule has 0 fully saturated rings. The van der Waals surface area contributed by atoms with Gasteiger partial charge in [0.1, 0.15) is 0 Å². The van der Waals surface area contributed by atoms with E-state index in [9.17, 15) is 0 Å². The fraction of sp³-hybridized carbons (Fsp3) is 0. The van der Waals surface area contributed by atoms with Crippen LogP contribution in [0.25, 0.3) is 12.2 Å². The van der Waals surface area contributed by atoms with Crippen molar-refractivity contribution in [2.24, 2.45) is 10.2 Å². The summed E-state index contributed by atoms with van der Waals surface area (Å²) in [6, 6.07) is 4.18. The van der Waals surface area contributed by atoms with Crippen molar-refractivity contribution in [2.45, 2.75) is 0 Å². The number of benzene rings is 1. The van der Waals surface area contributed by atoms with E-state index in [1.807, 2.05) is 0 Å². The second kappa shape index (κ2) is 1.91. The molecule has 0 amide bonds. The van der Waals surface area contributed by atoms with Gasteiger partial charge in [-0.1, -0.05) is 18.2 Å². The summed E-state index contributed by atoms with van der Waals surface area (Å²) in [6.45, 7) is 0. The number of nitrogens with zero attached hydrogens (tertiary/aromatic N) is 2. The number of hydrogen-bond acceptors (Lipinski definition) is 2. The molecule has 1 aliphatic heterocycles. The van der Waals surface area contributed by atoms with Crippen molar-refractivity contribution in [3.05, 3.63) is 39.9 Å². The smallest absolute Gasteiger partial charge is 0.0951 e. The molecule has 0 atom stereocenters. The third-order valence-corrected chi connectivity index (χ3v) is 2.15. The number of rotatable bonds is 0. The lowest BCUT2D eigenvalue weighted by Crippen LogP contribution is -2.14. The quantitative estimate of drug-likeness (QED) is 0.518. The predicted octanol–water partition coefficient (Wildman–Crippen LogP) is 0.461. The van der Waals surface area contributed by atoms with Crippen LogP contribution < -0.4 is 10.6 Å². The van der Waals surface area contributed by atoms with Crippen LogP contribution in [0.4, 0.5) is 0 Å². The first-order chi connectivity index (χ1) is 5.93. The molecule has 1 aliphatic carbocycles. The predicted molar refractivity (Wildman–Crippen MR) is 48.3 cm³/mol. The van der Waals surface area contributed by atoms with Gasteiger partial charge in [0.15, 0.2) is 0 Å². The summed E-state index contributed by atoms with van der Waals surface area (Å²) in [6.07, 6.45) is 8.03. The van der Waals surface area contributed by atoms with E-state index in [2.05, 4.69) is 40.6 Å². The first-order valence-electron chi connectivity index (χ1n) is 3.87. The number of allylic oxidation sites excluding steroid dienone is 1. The highest BCUT2D eigenvalue weighted by Crippen LogP contribution is 2.02. The summed E-state index contributed by atoms with van der Waals surface area (Å²) in [5, 5.41) is 10.1. The molecule has 56 valence electrons. The second-order valence-corrected chi connectivity index (χ2v) is 2.91. The first-order valence-corrected chi connectivity index (χ1v) is 3.87. The molecule has 0 unspecified atom stereocenters. The first kappa shape index (κ1) is 5.89. The normalized spacial score (nSPS) is 15.3. The standard InChI is InChI=1S/C10H6N2/c1-2-7-4-9-6-11-12-10(9)5-8(7)3-1/h1-6H. The summed E-state index contributed by atoms with van der Waals surface area (Å²) in [5.74, 6) is 0. The summed E-state index contributed by atoms with van der Waals surface area (Å²) < 4.78 is 0. The lowest BCUT2D eigenvalue weighted by Gasteiger charge is -1.91. The van der Waals surface area contributed by atoms with Crippen molar-refractivity contribution < 1.29 is 0 Å². The molecular formula is C10H6N2. The molecule has 0 saturated carbocycles. The van der Waals surface area contributed by atoms with Gasteiger partial charge in [-0.15, -0.1) is 0 Å². The molecule has 0 bridgehead atoms. The Morgan fingerprint density at radius 1 is 1.08 bits per heavy atom. The summed E-state index contributed by atoms with van der Waals surface area (Å²) in [5.41, 5.74) is 2.36. The minimum absolute atomic E-state index is 0.980. The third-order valence-electron chi connectivity index (χ3n) is 2.15. The van der Waals surface area contributed by atoms with Gasteiger partial charge in [0, 0.05) is 5.56 Å². The Morgan fingerprint density at radius 2 is 2.08 bits per heavy atom. The molecule has 1 aromatic carbocycles. The molecule has 1 aromatic rings. The van der Waals surface area contributed by atoms with E-state index in [0.717, 1.165) is 10.9 Å². The summed E-state index contributed by atoms with van der Waals surface area (Å²) in [7, 11) is 0. The highest BCUT2D eigenvalue weighted by Gasteiger charge is 2.03. The number of hydrogen-bond donors (Lipinski definition) is 0. The Bertz CT molecular complexity index is 472. The molecule has 1 heterocycles. The largest absolute Gasteiger partial charge is 0.158 e. The van der Waals surface area contributed by atoms with Crippen molar-refractivity contribution in [3.8, 4) is 0 Å². The Hall–Kier alpha value is -1.70. The zero-order valence-electron chi connectivity index (χ0n) is 6.36. The van der Waals surface area contributed by atoms with Crippen LogP contribution in [0.5, 0.6) is 0 Å². The fourth-order valence-corrected chi connectivity index (χ4v) is 1.53. The summed E-state index contributed by atoms with van der Waals surface area (Å²) >= 11 is 0. The lowest BCUT2D eigenvalue weighted by atomic mass is 10.1. The van der Waals surface area contributed by atoms with Crippen LogP contribution in [0.1, 0.15) is 11.1 Å². The van der Waals surface area contributed by atoms with Gasteiger partial charge in [0.2, 0.25) is 0 Å². The molecule has 0 saturated heterocycles. The van der Waals surface area contributed by atoms with Crippen LogP contribution in [0, 0.1) is 0 Å². The molecule has 2 heteroatoms. The minimum Gasteiger partial charge on any atom is -0.158 e. The van der Waals surface area contributed by atoms with E-state index in [4.69, 9.17) is 0 Å². The number of fused-ring (bicyclic) bond motifs is 2. The molecular weight excluding hydrogens is 148 g/mol. The topological polar surface area (TPSA) is 24.7 Å². The summed E-state index contributed by atoms with van der Waals surface area (Å²) in [4.78, 5) is 0. The molecule has 0 aromatic heterocycles. The maximum Gasteiger partial charge on any atom is 0.0951 e. The van der Waals surface area contributed by atoms with Gasteiger partial charge in [-0.3, -0.25) is 0 Å². The van der Waals surface area contributed by atoms with Gasteiger partial charge >= 0.3 is 0 Å². The zero-order chi connectivity index (χ0) is 7.97. The van der Waals surface area contributed by atoms with Gasteiger partial charge in [0.05, 0.1) is 11.6 Å². The van der Waals surface area contributed by atoms with Crippen molar-refractivity contribution >= 4 is 18.4 Å². The van der Waals surface area contributed by atoms with E-state index >= 15 is 0 Å². The van der Waals surface area contributed by atoms with Gasteiger partial charge in [-0.2, -0.15) is 10.2 Å². The highest BCUT2D eigenvalue weighted by molar-refractivity contribution is 5.82. The molecule has 3 rings (SSSR count). The average Bonchev–Trinajstić information content (AvgIpc) is 2.64. The van der Waals surface area contributed by atoms with Crippen LogP contribution in [-0.2, 0) is 0 Å². The van der Waals surface area contributed by atoms with Crippen molar-refractivity contribution in [1.29, 1.82) is 0 Å². The third kappa shape index (κ3) is 0.639. The van der Waals surface area contributed by atoms with Crippen LogP contribution in [0.2, 0.25) is 0 Å². The minimum atomic E-state index is 0.980. The Kier molecular flexibility index (Phi) is 0.939. The molecule has 2 nitrogen and oxygen atoms in total. The lowest BCUT2D eigenvalue weighted by molar-refractivity contribution is 1.18. The molecule has 12 heavy (non-hydrogen) atoms. The van der Waals surface area contributed by atoms with E-state index < -0.39 is 0 Å². The van der Waals surface area contributed by atoms with Gasteiger partial charge in [0.25, 0.3) is 0 Å². The van der Waals surface area contributed by atoms with Gasteiger partial charge in [-0.25, -0.2) is 0 Å². The Labute approximate surface area is 69.3 Å². The molecule has 0 radical (unpaired) electrons. The monoisotopic (exact) mass is 154 g/mol. The maximum absolute atomic E-state index is 4.00. The fourth-order valence-electron chi connectivity index (χ4n) is 1.53. The Balaban J connectivity index is 2.50. The van der Waals surface area contributed by atoms with Gasteiger partial charge < -0.3 is 0 Å². The van der Waals surface area contributed by atoms with Crippen LogP contribution in [0.3, 0.4) is 0 Å². The molecule has 2 aliphatic rings. The van der Waals surface area contributed by atoms with Crippen LogP contribution in [-0.4, -0.2) is 6.21 Å². The maximum atomic E-state index is 4.00. The van der Waals surface area contributed by atoms with Crippen LogP contribution in [0.15, 0.2) is 28.4 Å². The van der Waals surface area contributed by atoms with Gasteiger partial charge in [-0.05, 0) is 22.9 Å². The zero-order valence-corrected chi connectivity index (χ0v) is 6.36. The van der Waals surface area contributed by atoms with Crippen molar-refractivity contribution in [2.75, 3.05) is 0 Å². The average molecular weight is 154 g/mol. The van der Waals surface area contributed by atoms with Crippen molar-refractivity contribution in [1.82, 2.24) is 0 Å². The highest BCUT2D eigenvalue weighted by atomic mass is 15.2. The van der Waals surface area contributed by atoms with Crippen molar-refractivity contribution in [3.63, 3.8) is 0 Å². The van der Waals surface area contributed by atoms with E-state index in [1.54, 1.807) is 6.21 Å². The SMILES string of the molecule is C1=Cc2cc3c(cc2=C1)C=NN=3.